The average molecular weight is 325 g/mol. The van der Waals surface area contributed by atoms with Crippen molar-refractivity contribution < 1.29 is 18.0 Å². The van der Waals surface area contributed by atoms with Crippen LogP contribution in [-0.4, -0.2) is 12.5 Å². The summed E-state index contributed by atoms with van der Waals surface area (Å²) in [5.74, 6) is -0.873. The molecule has 0 aliphatic heterocycles. The Bertz CT molecular complexity index is 448. The number of carbonyl (C=O) groups is 1. The van der Waals surface area contributed by atoms with Gasteiger partial charge in [-0.15, -0.1) is 0 Å². The third-order valence-electron chi connectivity index (χ3n) is 2.29. The molecule has 7 heteroatoms. The third-order valence-corrected chi connectivity index (χ3v) is 2.75. The highest BCUT2D eigenvalue weighted by molar-refractivity contribution is 9.10. The van der Waals surface area contributed by atoms with Gasteiger partial charge in [0.25, 0.3) is 0 Å². The van der Waals surface area contributed by atoms with Gasteiger partial charge in [-0.05, 0) is 18.2 Å². The summed E-state index contributed by atoms with van der Waals surface area (Å²) >= 11 is 2.97. The molecule has 100 valence electrons. The molecule has 3 nitrogen and oxygen atoms in total. The Morgan fingerprint density at radius 3 is 2.56 bits per heavy atom. The number of benzene rings is 1. The highest BCUT2D eigenvalue weighted by atomic mass is 79.9. The number of hydrogen-bond acceptors (Lipinski definition) is 2. The van der Waals surface area contributed by atoms with Gasteiger partial charge in [-0.25, -0.2) is 0 Å². The molecule has 18 heavy (non-hydrogen) atoms. The number of nitrogens with one attached hydrogen (secondary N) is 1. The van der Waals surface area contributed by atoms with E-state index in [4.69, 9.17) is 5.73 Å². The summed E-state index contributed by atoms with van der Waals surface area (Å²) in [7, 11) is 0. The van der Waals surface area contributed by atoms with Crippen molar-refractivity contribution in [3.63, 3.8) is 0 Å². The van der Waals surface area contributed by atoms with Crippen LogP contribution in [0.1, 0.15) is 12.5 Å². The van der Waals surface area contributed by atoms with Gasteiger partial charge >= 0.3 is 6.18 Å². The lowest BCUT2D eigenvalue weighted by Crippen LogP contribution is -2.26. The van der Waals surface area contributed by atoms with Crippen LogP contribution in [0.2, 0.25) is 0 Å². The molecule has 1 atom stereocenters. The van der Waals surface area contributed by atoms with Gasteiger partial charge < -0.3 is 11.1 Å². The van der Waals surface area contributed by atoms with E-state index in [1.54, 1.807) is 6.92 Å². The fourth-order valence-electron chi connectivity index (χ4n) is 1.20. The fraction of sp³-hybridized carbons (Fsp3) is 0.364. The van der Waals surface area contributed by atoms with Crippen LogP contribution in [0.5, 0.6) is 0 Å². The van der Waals surface area contributed by atoms with E-state index in [9.17, 15) is 18.0 Å². The summed E-state index contributed by atoms with van der Waals surface area (Å²) in [6.45, 7) is 1.73. The van der Waals surface area contributed by atoms with Crippen molar-refractivity contribution in [1.82, 2.24) is 0 Å². The molecule has 1 aromatic carbocycles. The molecule has 0 heterocycles. The van der Waals surface area contributed by atoms with Crippen molar-refractivity contribution in [1.29, 1.82) is 0 Å². The van der Waals surface area contributed by atoms with Crippen LogP contribution in [0.15, 0.2) is 22.7 Å². The van der Waals surface area contributed by atoms with Crippen LogP contribution in [0.4, 0.5) is 18.9 Å². The minimum Gasteiger partial charge on any atom is -0.330 e. The van der Waals surface area contributed by atoms with E-state index >= 15 is 0 Å². The van der Waals surface area contributed by atoms with E-state index in [0.717, 1.165) is 12.1 Å². The number of halogens is 4. The van der Waals surface area contributed by atoms with Crippen molar-refractivity contribution in [3.05, 3.63) is 28.2 Å². The first-order chi connectivity index (χ1) is 8.24. The third kappa shape index (κ3) is 3.99. The minimum atomic E-state index is -4.46. The average Bonchev–Trinajstić information content (AvgIpc) is 2.25. The molecule has 1 aromatic rings. The van der Waals surface area contributed by atoms with Gasteiger partial charge in [-0.3, -0.25) is 4.79 Å². The van der Waals surface area contributed by atoms with Gasteiger partial charge in [0.1, 0.15) is 0 Å². The normalized spacial score (nSPS) is 13.2. The summed E-state index contributed by atoms with van der Waals surface area (Å²) < 4.78 is 37.9. The van der Waals surface area contributed by atoms with Gasteiger partial charge in [-0.1, -0.05) is 22.9 Å². The molecular weight excluding hydrogens is 313 g/mol. The molecule has 0 fully saturated rings. The van der Waals surface area contributed by atoms with Crippen LogP contribution < -0.4 is 11.1 Å². The zero-order valence-electron chi connectivity index (χ0n) is 9.51. The second-order valence-electron chi connectivity index (χ2n) is 3.85. The molecule has 1 unspecified atom stereocenters. The van der Waals surface area contributed by atoms with Crippen molar-refractivity contribution in [2.24, 2.45) is 11.7 Å². The summed E-state index contributed by atoms with van der Waals surface area (Å²) in [6.07, 6.45) is -4.46. The van der Waals surface area contributed by atoms with Crippen LogP contribution >= 0.6 is 15.9 Å². The van der Waals surface area contributed by atoms with E-state index in [1.165, 1.54) is 6.07 Å². The molecule has 0 spiro atoms. The fourth-order valence-corrected chi connectivity index (χ4v) is 1.69. The molecule has 0 radical (unpaired) electrons. The van der Waals surface area contributed by atoms with E-state index in [-0.39, 0.29) is 16.7 Å². The van der Waals surface area contributed by atoms with Crippen LogP contribution in [0.3, 0.4) is 0 Å². The predicted octanol–water partition coefficient (Wildman–Crippen LogP) is 3.00. The largest absolute Gasteiger partial charge is 0.416 e. The summed E-state index contributed by atoms with van der Waals surface area (Å²) in [4.78, 5) is 11.5. The Morgan fingerprint density at radius 2 is 2.06 bits per heavy atom. The van der Waals surface area contributed by atoms with Crippen LogP contribution in [-0.2, 0) is 11.0 Å². The summed E-state index contributed by atoms with van der Waals surface area (Å²) in [6, 6.07) is 3.23. The number of amides is 1. The van der Waals surface area contributed by atoms with E-state index in [2.05, 4.69) is 21.2 Å². The SMILES string of the molecule is CC(CN)C(=O)Nc1cc(Br)cc(C(F)(F)F)c1. The van der Waals surface area contributed by atoms with E-state index in [0.29, 0.717) is 0 Å². The molecule has 0 bridgehead atoms. The summed E-state index contributed by atoms with van der Waals surface area (Å²) in [5.41, 5.74) is 4.56. The number of hydrogen-bond donors (Lipinski definition) is 2. The molecule has 0 saturated carbocycles. The van der Waals surface area contributed by atoms with Gasteiger partial charge in [0, 0.05) is 22.6 Å². The topological polar surface area (TPSA) is 55.1 Å². The standard InChI is InChI=1S/C11H12BrF3N2O/c1-6(5-16)10(18)17-9-3-7(11(13,14)15)2-8(12)4-9/h2-4,6H,5,16H2,1H3,(H,17,18). The first kappa shape index (κ1) is 15.0. The van der Waals surface area contributed by atoms with Gasteiger partial charge in [0.05, 0.1) is 5.56 Å². The predicted molar refractivity (Wildman–Crippen MR) is 66.0 cm³/mol. The van der Waals surface area contributed by atoms with Crippen molar-refractivity contribution in [2.75, 3.05) is 11.9 Å². The number of alkyl halides is 3. The van der Waals surface area contributed by atoms with E-state index in [1.807, 2.05) is 0 Å². The lowest BCUT2D eigenvalue weighted by atomic mass is 10.1. The molecular formula is C11H12BrF3N2O. The molecule has 1 amide bonds. The van der Waals surface area contributed by atoms with Crippen molar-refractivity contribution in [2.45, 2.75) is 13.1 Å². The molecule has 0 aliphatic carbocycles. The highest BCUT2D eigenvalue weighted by Gasteiger charge is 2.31. The zero-order chi connectivity index (χ0) is 13.9. The second kappa shape index (κ2) is 5.71. The van der Waals surface area contributed by atoms with Crippen LogP contribution in [0, 0.1) is 5.92 Å². The van der Waals surface area contributed by atoms with Gasteiger partial charge in [0.15, 0.2) is 0 Å². The molecule has 0 aliphatic rings. The van der Waals surface area contributed by atoms with Gasteiger partial charge in [0.2, 0.25) is 5.91 Å². The van der Waals surface area contributed by atoms with Crippen molar-refractivity contribution in [3.8, 4) is 0 Å². The number of rotatable bonds is 3. The van der Waals surface area contributed by atoms with Crippen molar-refractivity contribution >= 4 is 27.5 Å². The maximum Gasteiger partial charge on any atom is 0.416 e. The lowest BCUT2D eigenvalue weighted by Gasteiger charge is -2.13. The summed E-state index contributed by atoms with van der Waals surface area (Å²) in [5, 5.41) is 2.40. The smallest absolute Gasteiger partial charge is 0.330 e. The Labute approximate surface area is 111 Å². The number of carbonyl (C=O) groups excluding carboxylic acids is 1. The quantitative estimate of drug-likeness (QED) is 0.898. The number of nitrogens with two attached hydrogens (primary N) is 1. The lowest BCUT2D eigenvalue weighted by molar-refractivity contribution is -0.137. The Kier molecular flexibility index (Phi) is 4.75. The molecule has 1 rings (SSSR count). The van der Waals surface area contributed by atoms with Crippen LogP contribution in [0.25, 0.3) is 0 Å². The highest BCUT2D eigenvalue weighted by Crippen LogP contribution is 2.33. The monoisotopic (exact) mass is 324 g/mol. The molecule has 3 N–H and O–H groups in total. The molecule has 0 aromatic heterocycles. The maximum atomic E-state index is 12.6. The zero-order valence-corrected chi connectivity index (χ0v) is 11.1. The first-order valence-corrected chi connectivity index (χ1v) is 5.92. The Balaban J connectivity index is 2.97. The van der Waals surface area contributed by atoms with Gasteiger partial charge in [-0.2, -0.15) is 13.2 Å². The Hall–Kier alpha value is -1.08. The first-order valence-electron chi connectivity index (χ1n) is 5.12. The van der Waals surface area contributed by atoms with E-state index < -0.39 is 23.6 Å². The minimum absolute atomic E-state index is 0.0852. The number of anilines is 1. The maximum absolute atomic E-state index is 12.6. The Morgan fingerprint density at radius 1 is 1.44 bits per heavy atom. The molecule has 0 saturated heterocycles. The second-order valence-corrected chi connectivity index (χ2v) is 4.77.